The van der Waals surface area contributed by atoms with Gasteiger partial charge in [-0.15, -0.1) is 0 Å². The van der Waals surface area contributed by atoms with Gasteiger partial charge in [-0.05, 0) is 20.3 Å². The Bertz CT molecular complexity index is 413. The lowest BCUT2D eigenvalue weighted by atomic mass is 9.94. The standard InChI is InChI=1S/C12H15NO4/c1-3-13-10(14)7-5-6-8(9(7)11(13)15)12(16)17-4-2/h6-7,9H,3-5H2,1-2H3/t7-,9-/m1/s1. The van der Waals surface area contributed by atoms with E-state index in [0.29, 0.717) is 18.5 Å². The number of carbonyl (C=O) groups is 3. The number of amides is 2. The Morgan fingerprint density at radius 3 is 2.71 bits per heavy atom. The van der Waals surface area contributed by atoms with Gasteiger partial charge in [-0.3, -0.25) is 14.5 Å². The number of hydrogen-bond donors (Lipinski definition) is 0. The van der Waals surface area contributed by atoms with Crippen LogP contribution in [0.3, 0.4) is 0 Å². The molecule has 1 saturated heterocycles. The number of esters is 1. The van der Waals surface area contributed by atoms with Crippen LogP contribution in [0.5, 0.6) is 0 Å². The van der Waals surface area contributed by atoms with Crippen LogP contribution in [-0.4, -0.2) is 35.8 Å². The van der Waals surface area contributed by atoms with E-state index in [1.807, 2.05) is 0 Å². The molecule has 1 fully saturated rings. The second kappa shape index (κ2) is 4.31. The number of ether oxygens (including phenoxy) is 1. The Hall–Kier alpha value is -1.65. The largest absolute Gasteiger partial charge is 0.463 e. The summed E-state index contributed by atoms with van der Waals surface area (Å²) in [5, 5.41) is 0. The molecule has 0 saturated carbocycles. The molecular weight excluding hydrogens is 222 g/mol. The van der Waals surface area contributed by atoms with Gasteiger partial charge in [-0.2, -0.15) is 0 Å². The summed E-state index contributed by atoms with van der Waals surface area (Å²) in [5.41, 5.74) is 0.353. The molecule has 2 amide bonds. The van der Waals surface area contributed by atoms with E-state index < -0.39 is 11.9 Å². The molecule has 92 valence electrons. The zero-order valence-electron chi connectivity index (χ0n) is 9.93. The van der Waals surface area contributed by atoms with Gasteiger partial charge in [-0.25, -0.2) is 4.79 Å². The molecule has 1 aliphatic carbocycles. The third kappa shape index (κ3) is 1.66. The van der Waals surface area contributed by atoms with E-state index in [1.165, 1.54) is 4.90 Å². The van der Waals surface area contributed by atoms with Gasteiger partial charge in [0.15, 0.2) is 0 Å². The number of nitrogens with zero attached hydrogens (tertiary/aromatic N) is 1. The minimum Gasteiger partial charge on any atom is -0.463 e. The molecule has 2 atom stereocenters. The molecule has 0 spiro atoms. The normalized spacial score (nSPS) is 27.2. The van der Waals surface area contributed by atoms with Crippen molar-refractivity contribution in [2.75, 3.05) is 13.2 Å². The van der Waals surface area contributed by atoms with Gasteiger partial charge in [-0.1, -0.05) is 6.08 Å². The minimum absolute atomic E-state index is 0.168. The average Bonchev–Trinajstić information content (AvgIpc) is 2.82. The molecule has 5 heteroatoms. The zero-order valence-corrected chi connectivity index (χ0v) is 9.93. The van der Waals surface area contributed by atoms with Gasteiger partial charge >= 0.3 is 5.97 Å². The van der Waals surface area contributed by atoms with E-state index in [-0.39, 0.29) is 24.3 Å². The summed E-state index contributed by atoms with van der Waals surface area (Å²) < 4.78 is 4.90. The van der Waals surface area contributed by atoms with Crippen LogP contribution in [0, 0.1) is 11.8 Å². The summed E-state index contributed by atoms with van der Waals surface area (Å²) in [6, 6.07) is 0. The Labute approximate surface area is 99.4 Å². The van der Waals surface area contributed by atoms with Crippen molar-refractivity contribution in [3.8, 4) is 0 Å². The summed E-state index contributed by atoms with van der Waals surface area (Å²) in [7, 11) is 0. The molecule has 1 aliphatic heterocycles. The van der Waals surface area contributed by atoms with E-state index in [9.17, 15) is 14.4 Å². The molecule has 5 nitrogen and oxygen atoms in total. The van der Waals surface area contributed by atoms with Crippen LogP contribution in [0.25, 0.3) is 0 Å². The quantitative estimate of drug-likeness (QED) is 0.529. The number of fused-ring (bicyclic) bond motifs is 1. The van der Waals surface area contributed by atoms with Crippen LogP contribution < -0.4 is 0 Å². The molecule has 2 rings (SSSR count). The monoisotopic (exact) mass is 237 g/mol. The fourth-order valence-electron chi connectivity index (χ4n) is 2.50. The minimum atomic E-state index is -0.610. The number of hydrogen-bond acceptors (Lipinski definition) is 4. The molecule has 0 aromatic rings. The Morgan fingerprint density at radius 1 is 1.41 bits per heavy atom. The number of likely N-dealkylation sites (tertiary alicyclic amines) is 1. The fourth-order valence-corrected chi connectivity index (χ4v) is 2.50. The molecule has 17 heavy (non-hydrogen) atoms. The Balaban J connectivity index is 2.23. The predicted octanol–water partition coefficient (Wildman–Crippen LogP) is 0.501. The Kier molecular flexibility index (Phi) is 3.00. The molecule has 0 aromatic heterocycles. The molecule has 2 aliphatic rings. The fraction of sp³-hybridized carbons (Fsp3) is 0.583. The van der Waals surface area contributed by atoms with Crippen molar-refractivity contribution in [2.24, 2.45) is 11.8 Å². The third-order valence-corrected chi connectivity index (χ3v) is 3.27. The lowest BCUT2D eigenvalue weighted by Crippen LogP contribution is -2.32. The summed E-state index contributed by atoms with van der Waals surface area (Å²) in [4.78, 5) is 36.8. The maximum atomic E-state index is 12.0. The van der Waals surface area contributed by atoms with Crippen LogP contribution in [0.2, 0.25) is 0 Å². The first-order valence-electron chi connectivity index (χ1n) is 5.84. The SMILES string of the molecule is CCOC(=O)C1=CC[C@H]2C(=O)N(CC)C(=O)[C@@H]12. The molecule has 1 heterocycles. The van der Waals surface area contributed by atoms with Gasteiger partial charge in [0.2, 0.25) is 11.8 Å². The second-order valence-electron chi connectivity index (χ2n) is 4.12. The maximum absolute atomic E-state index is 12.0. The van der Waals surface area contributed by atoms with Crippen LogP contribution in [0.4, 0.5) is 0 Å². The smallest absolute Gasteiger partial charge is 0.334 e. The molecule has 0 bridgehead atoms. The van der Waals surface area contributed by atoms with E-state index >= 15 is 0 Å². The molecule has 0 radical (unpaired) electrons. The van der Waals surface area contributed by atoms with Gasteiger partial charge < -0.3 is 4.74 Å². The topological polar surface area (TPSA) is 63.7 Å². The van der Waals surface area contributed by atoms with Crippen LogP contribution in [0.1, 0.15) is 20.3 Å². The first-order chi connectivity index (χ1) is 8.11. The molecule has 0 unspecified atom stereocenters. The first kappa shape index (κ1) is 11.8. The third-order valence-electron chi connectivity index (χ3n) is 3.27. The van der Waals surface area contributed by atoms with Crippen LogP contribution in [0.15, 0.2) is 11.6 Å². The van der Waals surface area contributed by atoms with Gasteiger partial charge in [0.25, 0.3) is 0 Å². The summed E-state index contributed by atoms with van der Waals surface area (Å²) in [6.45, 7) is 4.10. The lowest BCUT2D eigenvalue weighted by Gasteiger charge is -2.12. The Morgan fingerprint density at radius 2 is 2.12 bits per heavy atom. The first-order valence-corrected chi connectivity index (χ1v) is 5.84. The zero-order chi connectivity index (χ0) is 12.6. The number of rotatable bonds is 3. The summed E-state index contributed by atoms with van der Waals surface area (Å²) in [6.07, 6.45) is 2.12. The highest BCUT2D eigenvalue weighted by Crippen LogP contribution is 2.40. The van der Waals surface area contributed by atoms with Crippen molar-refractivity contribution in [3.05, 3.63) is 11.6 Å². The van der Waals surface area contributed by atoms with Crippen molar-refractivity contribution in [2.45, 2.75) is 20.3 Å². The highest BCUT2D eigenvalue weighted by Gasteiger charge is 2.52. The van der Waals surface area contributed by atoms with Crippen molar-refractivity contribution in [1.82, 2.24) is 4.90 Å². The van der Waals surface area contributed by atoms with Crippen molar-refractivity contribution < 1.29 is 19.1 Å². The predicted molar refractivity (Wildman–Crippen MR) is 58.7 cm³/mol. The van der Waals surface area contributed by atoms with Crippen molar-refractivity contribution >= 4 is 17.8 Å². The van der Waals surface area contributed by atoms with E-state index in [4.69, 9.17) is 4.74 Å². The van der Waals surface area contributed by atoms with E-state index in [1.54, 1.807) is 19.9 Å². The van der Waals surface area contributed by atoms with E-state index in [0.717, 1.165) is 0 Å². The second-order valence-corrected chi connectivity index (χ2v) is 4.12. The molecule has 0 N–H and O–H groups in total. The highest BCUT2D eigenvalue weighted by atomic mass is 16.5. The number of imide groups is 1. The van der Waals surface area contributed by atoms with Crippen molar-refractivity contribution in [3.63, 3.8) is 0 Å². The van der Waals surface area contributed by atoms with Gasteiger partial charge in [0.1, 0.15) is 0 Å². The number of allylic oxidation sites excluding steroid dienone is 1. The highest BCUT2D eigenvalue weighted by molar-refractivity contribution is 6.11. The lowest BCUT2D eigenvalue weighted by molar-refractivity contribution is -0.142. The van der Waals surface area contributed by atoms with Crippen LogP contribution in [-0.2, 0) is 19.1 Å². The number of carbonyl (C=O) groups excluding carboxylic acids is 3. The maximum Gasteiger partial charge on any atom is 0.334 e. The van der Waals surface area contributed by atoms with Crippen LogP contribution >= 0.6 is 0 Å². The summed E-state index contributed by atoms with van der Waals surface area (Å²) >= 11 is 0. The molecular formula is C12H15NO4. The molecule has 0 aromatic carbocycles. The van der Waals surface area contributed by atoms with Gasteiger partial charge in [0, 0.05) is 12.1 Å². The average molecular weight is 237 g/mol. The van der Waals surface area contributed by atoms with Gasteiger partial charge in [0.05, 0.1) is 18.4 Å². The van der Waals surface area contributed by atoms with Crippen molar-refractivity contribution in [1.29, 1.82) is 0 Å². The summed E-state index contributed by atoms with van der Waals surface area (Å²) in [5.74, 6) is -1.90. The van der Waals surface area contributed by atoms with E-state index in [2.05, 4.69) is 0 Å².